The van der Waals surface area contributed by atoms with Gasteiger partial charge >= 0.3 is 35.8 Å². The maximum atomic E-state index is 13.2. The van der Waals surface area contributed by atoms with Crippen molar-refractivity contribution in [2.45, 2.75) is 42.2 Å². The number of hydrogen-bond donors (Lipinski definition) is 1. The van der Waals surface area contributed by atoms with E-state index in [4.69, 9.17) is 4.55 Å². The van der Waals surface area contributed by atoms with Gasteiger partial charge in [-0.3, -0.25) is 9.35 Å². The van der Waals surface area contributed by atoms with Crippen LogP contribution >= 0.6 is 0 Å². The van der Waals surface area contributed by atoms with Gasteiger partial charge < -0.3 is 0 Å². The third kappa shape index (κ3) is 4.40. The molecular formula is C9H5F13O4S. The highest BCUT2D eigenvalue weighted by molar-refractivity contribution is 7.86. The lowest BCUT2D eigenvalue weighted by Gasteiger charge is -2.39. The maximum absolute atomic E-state index is 13.2. The van der Waals surface area contributed by atoms with E-state index in [2.05, 4.69) is 0 Å². The number of alkyl halides is 13. The minimum Gasteiger partial charge on any atom is -0.298 e. The predicted molar refractivity (Wildman–Crippen MR) is 56.8 cm³/mol. The normalized spacial score (nSPS) is 15.8. The van der Waals surface area contributed by atoms with Gasteiger partial charge in [-0.2, -0.15) is 65.5 Å². The molecule has 0 unspecified atom stereocenters. The Bertz CT molecular complexity index is 678. The minimum absolute atomic E-state index is 2.39. The Hall–Kier alpha value is -1.33. The monoisotopic (exact) mass is 456 g/mol. The zero-order valence-corrected chi connectivity index (χ0v) is 12.7. The lowest BCUT2D eigenvalue weighted by atomic mass is 9.92. The van der Waals surface area contributed by atoms with Crippen LogP contribution in [0.2, 0.25) is 0 Å². The van der Waals surface area contributed by atoms with Crippen molar-refractivity contribution in [1.82, 2.24) is 0 Å². The molecule has 0 saturated carbocycles. The molecule has 0 spiro atoms. The Morgan fingerprint density at radius 3 is 1.30 bits per heavy atom. The van der Waals surface area contributed by atoms with E-state index in [1.807, 2.05) is 0 Å². The van der Waals surface area contributed by atoms with Gasteiger partial charge in [0.2, 0.25) is 0 Å². The third-order valence-electron chi connectivity index (χ3n) is 2.76. The molecule has 0 atom stereocenters. The Labute approximate surface area is 140 Å². The molecule has 0 rings (SSSR count). The van der Waals surface area contributed by atoms with Crippen LogP contribution < -0.4 is 0 Å². The van der Waals surface area contributed by atoms with Crippen LogP contribution in [-0.2, 0) is 14.9 Å². The van der Waals surface area contributed by atoms with Gasteiger partial charge in [0.15, 0.2) is 5.78 Å². The highest BCUT2D eigenvalue weighted by Crippen LogP contribution is 2.60. The molecule has 0 fully saturated rings. The highest BCUT2D eigenvalue weighted by Gasteiger charge is 2.90. The number of carbonyl (C=O) groups excluding carboxylic acids is 1. The van der Waals surface area contributed by atoms with Crippen molar-refractivity contribution in [3.8, 4) is 0 Å². The molecular weight excluding hydrogens is 451 g/mol. The van der Waals surface area contributed by atoms with Crippen LogP contribution in [0.3, 0.4) is 0 Å². The molecule has 0 bridgehead atoms. The number of hydrogen-bond acceptors (Lipinski definition) is 3. The van der Waals surface area contributed by atoms with Crippen LogP contribution in [0, 0.1) is 0 Å². The first kappa shape index (κ1) is 25.7. The third-order valence-corrected chi connectivity index (χ3v) is 3.45. The zero-order chi connectivity index (χ0) is 22.5. The lowest BCUT2D eigenvalue weighted by Crippen LogP contribution is -2.70. The lowest BCUT2D eigenvalue weighted by molar-refractivity contribution is -0.439. The SMILES string of the molecule is O=C(CC(F)(F)C(F)(F)C(F)(F)C(F)(F)C(F)(F)C(F)(F)F)CS(=O)(=O)O. The van der Waals surface area contributed by atoms with Gasteiger partial charge in [-0.25, -0.2) is 0 Å². The Balaban J connectivity index is 6.12. The van der Waals surface area contributed by atoms with Gasteiger partial charge in [0.05, 0.1) is 6.42 Å². The average molecular weight is 456 g/mol. The number of ketones is 1. The van der Waals surface area contributed by atoms with E-state index in [0.29, 0.717) is 0 Å². The van der Waals surface area contributed by atoms with E-state index in [0.717, 1.165) is 0 Å². The van der Waals surface area contributed by atoms with Gasteiger partial charge in [-0.05, 0) is 0 Å². The molecule has 0 aromatic rings. The molecule has 0 radical (unpaired) electrons. The average Bonchev–Trinajstić information content (AvgIpc) is 2.32. The largest absolute Gasteiger partial charge is 0.460 e. The summed E-state index contributed by atoms with van der Waals surface area (Å²) in [5, 5.41) is 0. The van der Waals surface area contributed by atoms with Crippen molar-refractivity contribution >= 4 is 15.9 Å². The molecule has 1 N–H and O–H groups in total. The van der Waals surface area contributed by atoms with E-state index >= 15 is 0 Å². The second-order valence-electron chi connectivity index (χ2n) is 4.94. The molecule has 0 saturated heterocycles. The van der Waals surface area contributed by atoms with Crippen molar-refractivity contribution in [2.24, 2.45) is 0 Å². The summed E-state index contributed by atoms with van der Waals surface area (Å²) in [6, 6.07) is 0. The highest BCUT2D eigenvalue weighted by atomic mass is 32.2. The summed E-state index contributed by atoms with van der Waals surface area (Å²) < 4.78 is 193. The van der Waals surface area contributed by atoms with Crippen LogP contribution in [-0.4, -0.2) is 60.3 Å². The Morgan fingerprint density at radius 1 is 0.667 bits per heavy atom. The molecule has 18 heteroatoms. The number of rotatable bonds is 8. The first-order chi connectivity index (χ1) is 11.4. The molecule has 4 nitrogen and oxygen atoms in total. The molecule has 27 heavy (non-hydrogen) atoms. The molecule has 0 aliphatic heterocycles. The van der Waals surface area contributed by atoms with Gasteiger partial charge in [0, 0.05) is 0 Å². The van der Waals surface area contributed by atoms with Crippen LogP contribution in [0.5, 0.6) is 0 Å². The van der Waals surface area contributed by atoms with Gasteiger partial charge in [-0.15, -0.1) is 0 Å². The summed E-state index contributed by atoms with van der Waals surface area (Å²) in [6.45, 7) is 0. The molecule has 0 aromatic heterocycles. The number of Topliss-reactive ketones (excluding diaryl/α,β-unsaturated/α-hetero) is 1. The molecule has 0 heterocycles. The fourth-order valence-corrected chi connectivity index (χ4v) is 1.92. The van der Waals surface area contributed by atoms with Crippen molar-refractivity contribution in [1.29, 1.82) is 0 Å². The molecule has 0 aliphatic carbocycles. The van der Waals surface area contributed by atoms with Crippen molar-refractivity contribution in [2.75, 3.05) is 5.75 Å². The summed E-state index contributed by atoms with van der Waals surface area (Å²) in [6.07, 6.45) is -10.9. The van der Waals surface area contributed by atoms with Crippen molar-refractivity contribution < 1.29 is 74.8 Å². The first-order valence-corrected chi connectivity index (χ1v) is 7.39. The smallest absolute Gasteiger partial charge is 0.298 e. The van der Waals surface area contributed by atoms with E-state index in [1.165, 1.54) is 0 Å². The molecule has 162 valence electrons. The van der Waals surface area contributed by atoms with E-state index < -0.39 is 63.9 Å². The Morgan fingerprint density at radius 2 is 1.00 bits per heavy atom. The second kappa shape index (κ2) is 6.63. The van der Waals surface area contributed by atoms with E-state index in [1.54, 1.807) is 0 Å². The topological polar surface area (TPSA) is 71.4 Å². The Kier molecular flexibility index (Phi) is 6.30. The van der Waals surface area contributed by atoms with Gasteiger partial charge in [-0.1, -0.05) is 0 Å². The number of halogens is 13. The van der Waals surface area contributed by atoms with E-state index in [-0.39, 0.29) is 0 Å². The van der Waals surface area contributed by atoms with Crippen LogP contribution in [0.15, 0.2) is 0 Å². The predicted octanol–water partition coefficient (Wildman–Crippen LogP) is 3.57. The molecule has 0 aromatic carbocycles. The van der Waals surface area contributed by atoms with Crippen LogP contribution in [0.25, 0.3) is 0 Å². The maximum Gasteiger partial charge on any atom is 0.460 e. The zero-order valence-electron chi connectivity index (χ0n) is 11.9. The molecule has 0 amide bonds. The number of carbonyl (C=O) groups is 1. The fourth-order valence-electron chi connectivity index (χ4n) is 1.42. The minimum atomic E-state index is -8.11. The summed E-state index contributed by atoms with van der Waals surface area (Å²) in [5.41, 5.74) is 0. The first-order valence-electron chi connectivity index (χ1n) is 5.78. The van der Waals surface area contributed by atoms with Crippen molar-refractivity contribution in [3.05, 3.63) is 0 Å². The van der Waals surface area contributed by atoms with Crippen LogP contribution in [0.4, 0.5) is 57.1 Å². The van der Waals surface area contributed by atoms with E-state index in [9.17, 15) is 70.3 Å². The standard InChI is InChI=1S/C9H5F13O4S/c10-4(11,1-3(23)2-27(24,25)26)5(12,13)6(14,15)7(16,17)8(18,19)9(20,21)22/h1-2H2,(H,24,25,26). The van der Waals surface area contributed by atoms with Gasteiger partial charge in [0.1, 0.15) is 5.75 Å². The second-order valence-corrected chi connectivity index (χ2v) is 6.39. The van der Waals surface area contributed by atoms with Gasteiger partial charge in [0.25, 0.3) is 10.1 Å². The summed E-state index contributed by atoms with van der Waals surface area (Å²) in [4.78, 5) is 10.7. The molecule has 0 aliphatic rings. The summed E-state index contributed by atoms with van der Waals surface area (Å²) >= 11 is 0. The quantitative estimate of drug-likeness (QED) is 0.448. The summed E-state index contributed by atoms with van der Waals surface area (Å²) in [5.74, 6) is -43.5. The van der Waals surface area contributed by atoms with Crippen LogP contribution in [0.1, 0.15) is 6.42 Å². The van der Waals surface area contributed by atoms with Crippen molar-refractivity contribution in [3.63, 3.8) is 0 Å². The fraction of sp³-hybridized carbons (Fsp3) is 0.889. The summed E-state index contributed by atoms with van der Waals surface area (Å²) in [7, 11) is -5.48.